The monoisotopic (exact) mass is 345 g/mol. The maximum atomic E-state index is 12.3. The van der Waals surface area contributed by atoms with Crippen molar-refractivity contribution < 1.29 is 52.0 Å². The van der Waals surface area contributed by atoms with E-state index in [1.165, 1.54) is 0 Å². The van der Waals surface area contributed by atoms with Gasteiger partial charge in [0.05, 0.1) is 0 Å². The molecule has 2 unspecified atom stereocenters. The van der Waals surface area contributed by atoms with Crippen LogP contribution in [0.5, 0.6) is 0 Å². The molecular weight excluding hydrogens is 342 g/mol. The minimum absolute atomic E-state index is 0.300. The van der Waals surface area contributed by atoms with Gasteiger partial charge in [-0.1, -0.05) is 0 Å². The van der Waals surface area contributed by atoms with E-state index in [2.05, 4.69) is 0 Å². The Labute approximate surface area is 100 Å². The third kappa shape index (κ3) is 4.72. The molecule has 0 aliphatic carbocycles. The van der Waals surface area contributed by atoms with Gasteiger partial charge >= 0.3 is 23.4 Å². The Balaban J connectivity index is 5.38. The summed E-state index contributed by atoms with van der Waals surface area (Å²) in [5.74, 6) is 0. The summed E-state index contributed by atoms with van der Waals surface area (Å²) in [6.07, 6.45) is -12.2. The van der Waals surface area contributed by atoms with Crippen LogP contribution in [0.1, 0.15) is 0 Å². The zero-order chi connectivity index (χ0) is 15.9. The molecule has 0 radical (unpaired) electrons. The van der Waals surface area contributed by atoms with Gasteiger partial charge in [0.2, 0.25) is 0 Å². The Morgan fingerprint density at radius 3 is 1.05 bits per heavy atom. The van der Waals surface area contributed by atoms with Crippen LogP contribution in [0.3, 0.4) is 0 Å². The van der Waals surface area contributed by atoms with E-state index < -0.39 is 43.4 Å². The molecule has 0 rings (SSSR count). The van der Waals surface area contributed by atoms with Gasteiger partial charge in [-0.25, -0.2) is 25.6 Å². The normalized spacial score (nSPS) is 18.1. The third-order valence-electron chi connectivity index (χ3n) is 1.29. The minimum atomic E-state index is -6.45. The first-order valence-electron chi connectivity index (χ1n) is 3.69. The van der Waals surface area contributed by atoms with Gasteiger partial charge in [-0.15, -0.1) is 4.13 Å². The van der Waals surface area contributed by atoms with Crippen LogP contribution >= 0.6 is 0 Å². The van der Waals surface area contributed by atoms with E-state index >= 15 is 0 Å². The van der Waals surface area contributed by atoms with E-state index in [-0.39, 0.29) is 4.13 Å². The first-order valence-corrected chi connectivity index (χ1v) is 6.79. The SMILES string of the molecule is O=S(=O)(NS(=O)(=O)C(F)C(F)(F)F)C(F)C(F)(F)F. The molecule has 0 amide bonds. The average molecular weight is 345 g/mol. The van der Waals surface area contributed by atoms with Crippen LogP contribution in [0, 0.1) is 0 Å². The number of halogens is 8. The maximum Gasteiger partial charge on any atom is 0.435 e. The third-order valence-corrected chi connectivity index (χ3v) is 4.77. The van der Waals surface area contributed by atoms with Crippen molar-refractivity contribution in [2.75, 3.05) is 0 Å². The summed E-state index contributed by atoms with van der Waals surface area (Å²) in [7, 11) is -12.9. The molecule has 0 aromatic rings. The fraction of sp³-hybridized carbons (Fsp3) is 1.00. The molecule has 5 nitrogen and oxygen atoms in total. The van der Waals surface area contributed by atoms with Gasteiger partial charge < -0.3 is 0 Å². The Bertz CT molecular complexity index is 470. The van der Waals surface area contributed by atoms with Crippen molar-refractivity contribution in [1.82, 2.24) is 4.13 Å². The molecule has 19 heavy (non-hydrogen) atoms. The predicted molar refractivity (Wildman–Crippen MR) is 42.9 cm³/mol. The van der Waals surface area contributed by atoms with Crippen molar-refractivity contribution in [2.45, 2.75) is 23.4 Å². The van der Waals surface area contributed by atoms with E-state index in [1.54, 1.807) is 0 Å². The van der Waals surface area contributed by atoms with Gasteiger partial charge in [0, 0.05) is 0 Å². The summed E-state index contributed by atoms with van der Waals surface area (Å²) in [5, 5.41) is 0. The van der Waals surface area contributed by atoms with Crippen molar-refractivity contribution in [3.8, 4) is 0 Å². The van der Waals surface area contributed by atoms with Crippen LogP contribution in [0.25, 0.3) is 0 Å². The number of rotatable bonds is 4. The number of hydrogen-bond donors (Lipinski definition) is 1. The molecule has 0 aliphatic heterocycles. The average Bonchev–Trinajstić information content (AvgIpc) is 2.10. The highest BCUT2D eigenvalue weighted by molar-refractivity contribution is 8.05. The second kappa shape index (κ2) is 5.01. The highest BCUT2D eigenvalue weighted by Crippen LogP contribution is 2.30. The number of sulfonamides is 2. The van der Waals surface area contributed by atoms with Crippen molar-refractivity contribution in [2.24, 2.45) is 0 Å². The lowest BCUT2D eigenvalue weighted by molar-refractivity contribution is -0.156. The van der Waals surface area contributed by atoms with Crippen molar-refractivity contribution in [3.05, 3.63) is 0 Å². The molecule has 0 aliphatic rings. The molecule has 0 aromatic heterocycles. The summed E-state index contributed by atoms with van der Waals surface area (Å²) >= 11 is 0. The molecule has 116 valence electrons. The van der Waals surface area contributed by atoms with Crippen molar-refractivity contribution in [3.63, 3.8) is 0 Å². The molecule has 2 atom stereocenters. The largest absolute Gasteiger partial charge is 0.435 e. The Morgan fingerprint density at radius 2 is 0.895 bits per heavy atom. The summed E-state index contributed by atoms with van der Waals surface area (Å²) < 4.78 is 136. The highest BCUT2D eigenvalue weighted by Gasteiger charge is 2.55. The van der Waals surface area contributed by atoms with Crippen LogP contribution in [0.2, 0.25) is 0 Å². The van der Waals surface area contributed by atoms with E-state index in [1.807, 2.05) is 0 Å². The lowest BCUT2D eigenvalue weighted by Crippen LogP contribution is -2.48. The number of alkyl halides is 8. The number of nitrogens with one attached hydrogen (secondary N) is 1. The zero-order valence-electron chi connectivity index (χ0n) is 8.13. The van der Waals surface area contributed by atoms with E-state index in [0.29, 0.717) is 0 Å². The van der Waals surface area contributed by atoms with E-state index in [9.17, 15) is 52.0 Å². The minimum Gasteiger partial charge on any atom is -0.218 e. The molecule has 0 fully saturated rings. The topological polar surface area (TPSA) is 80.3 Å². The quantitative estimate of drug-likeness (QED) is 0.770. The Morgan fingerprint density at radius 1 is 0.684 bits per heavy atom. The Kier molecular flexibility index (Phi) is 4.82. The standard InChI is InChI=1S/C4H3F8NO4S2/c5-1(3(7,8)9)18(14,15)13-19(16,17)2(6)4(10,11)12/h1-2,13H. The maximum absolute atomic E-state index is 12.3. The van der Waals surface area contributed by atoms with Gasteiger partial charge in [-0.05, 0) is 0 Å². The molecule has 0 saturated heterocycles. The van der Waals surface area contributed by atoms with Crippen molar-refractivity contribution >= 4 is 20.0 Å². The van der Waals surface area contributed by atoms with Crippen molar-refractivity contribution in [1.29, 1.82) is 0 Å². The van der Waals surface area contributed by atoms with Gasteiger partial charge in [-0.2, -0.15) is 26.3 Å². The van der Waals surface area contributed by atoms with Gasteiger partial charge in [-0.3, -0.25) is 0 Å². The molecule has 0 bridgehead atoms. The van der Waals surface area contributed by atoms with Gasteiger partial charge in [0.15, 0.2) is 0 Å². The van der Waals surface area contributed by atoms with Crippen LogP contribution in [0.15, 0.2) is 0 Å². The molecule has 0 aromatic carbocycles. The molecule has 0 spiro atoms. The van der Waals surface area contributed by atoms with E-state index in [4.69, 9.17) is 0 Å². The smallest absolute Gasteiger partial charge is 0.218 e. The fourth-order valence-electron chi connectivity index (χ4n) is 0.598. The molecule has 1 N–H and O–H groups in total. The zero-order valence-corrected chi connectivity index (χ0v) is 9.76. The first-order chi connectivity index (χ1) is 8.02. The predicted octanol–water partition coefficient (Wildman–Crippen LogP) is 0.951. The van der Waals surface area contributed by atoms with Crippen LogP contribution in [-0.4, -0.2) is 40.2 Å². The summed E-state index contributed by atoms with van der Waals surface area (Å²) in [5.41, 5.74) is -9.68. The van der Waals surface area contributed by atoms with Crippen LogP contribution < -0.4 is 4.13 Å². The van der Waals surface area contributed by atoms with Gasteiger partial charge in [0.25, 0.3) is 20.0 Å². The molecule has 0 heterocycles. The summed E-state index contributed by atoms with van der Waals surface area (Å²) in [6, 6.07) is 0. The van der Waals surface area contributed by atoms with Crippen LogP contribution in [-0.2, 0) is 20.0 Å². The second-order valence-electron chi connectivity index (χ2n) is 2.89. The van der Waals surface area contributed by atoms with Gasteiger partial charge in [0.1, 0.15) is 0 Å². The molecular formula is C4H3F8NO4S2. The fourth-order valence-corrected chi connectivity index (χ4v) is 3.27. The lowest BCUT2D eigenvalue weighted by Gasteiger charge is -2.16. The first kappa shape index (κ1) is 18.3. The summed E-state index contributed by atoms with van der Waals surface area (Å²) in [6.45, 7) is 0. The highest BCUT2D eigenvalue weighted by atomic mass is 32.3. The Hall–Kier alpha value is -0.700. The van der Waals surface area contributed by atoms with Crippen LogP contribution in [0.4, 0.5) is 35.1 Å². The number of hydrogen-bond acceptors (Lipinski definition) is 4. The molecule has 0 saturated carbocycles. The lowest BCUT2D eigenvalue weighted by atomic mass is 10.7. The second-order valence-corrected chi connectivity index (χ2v) is 6.56. The summed E-state index contributed by atoms with van der Waals surface area (Å²) in [4.78, 5) is 0. The molecule has 15 heteroatoms. The van der Waals surface area contributed by atoms with E-state index in [0.717, 1.165) is 0 Å².